The summed E-state index contributed by atoms with van der Waals surface area (Å²) in [6.07, 6.45) is 1.58. The molecule has 1 aromatic rings. The fourth-order valence-electron chi connectivity index (χ4n) is 0.589. The lowest BCUT2D eigenvalue weighted by Crippen LogP contribution is -2.04. The zero-order valence-electron chi connectivity index (χ0n) is 5.59. The fraction of sp³-hybridized carbons (Fsp3) is 0.500. The van der Waals surface area contributed by atoms with Gasteiger partial charge in [-0.05, 0) is 6.92 Å². The van der Waals surface area contributed by atoms with Crippen LogP contribution in [-0.4, -0.2) is 4.98 Å². The van der Waals surface area contributed by atoms with Crippen LogP contribution in [0.15, 0.2) is 10.7 Å². The van der Waals surface area contributed by atoms with E-state index in [1.54, 1.807) is 13.2 Å². The van der Waals surface area contributed by atoms with Gasteiger partial charge in [0.2, 0.25) is 0 Å². The van der Waals surface area contributed by atoms with Gasteiger partial charge in [0.1, 0.15) is 6.26 Å². The minimum Gasteiger partial charge on any atom is -0.449 e. The summed E-state index contributed by atoms with van der Waals surface area (Å²) in [5.41, 5.74) is 6.32. The quantitative estimate of drug-likeness (QED) is 0.610. The summed E-state index contributed by atoms with van der Waals surface area (Å²) in [6.45, 7) is 3.67. The van der Waals surface area contributed by atoms with Gasteiger partial charge in [-0.2, -0.15) is 0 Å². The van der Waals surface area contributed by atoms with Crippen molar-refractivity contribution in [2.24, 2.45) is 5.73 Å². The van der Waals surface area contributed by atoms with Crippen LogP contribution in [-0.2, 0) is 0 Å². The van der Waals surface area contributed by atoms with E-state index in [0.29, 0.717) is 5.89 Å². The molecule has 0 aromatic carbocycles. The lowest BCUT2D eigenvalue weighted by atomic mass is 10.3. The SMILES string of the molecule is Cc1nc([C@@H](C)N)co1. The van der Waals surface area contributed by atoms with Crippen molar-refractivity contribution < 1.29 is 4.42 Å². The first-order chi connectivity index (χ1) is 4.20. The number of oxazole rings is 1. The number of hydrogen-bond donors (Lipinski definition) is 1. The van der Waals surface area contributed by atoms with Crippen molar-refractivity contribution in [1.29, 1.82) is 0 Å². The average Bonchev–Trinajstić information content (AvgIpc) is 2.14. The molecule has 9 heavy (non-hydrogen) atoms. The third-order valence-electron chi connectivity index (χ3n) is 1.10. The van der Waals surface area contributed by atoms with E-state index in [4.69, 9.17) is 10.2 Å². The van der Waals surface area contributed by atoms with Crippen LogP contribution in [0, 0.1) is 6.92 Å². The molecule has 3 heteroatoms. The van der Waals surface area contributed by atoms with Crippen molar-refractivity contribution in [1.82, 2.24) is 4.98 Å². The maximum absolute atomic E-state index is 5.50. The summed E-state index contributed by atoms with van der Waals surface area (Å²) in [5, 5.41) is 0. The van der Waals surface area contributed by atoms with Gasteiger partial charge in [0.15, 0.2) is 5.89 Å². The molecule has 0 aliphatic rings. The summed E-state index contributed by atoms with van der Waals surface area (Å²) < 4.78 is 4.93. The molecule has 0 aliphatic heterocycles. The molecule has 0 bridgehead atoms. The summed E-state index contributed by atoms with van der Waals surface area (Å²) in [5.74, 6) is 0.669. The first-order valence-electron chi connectivity index (χ1n) is 2.88. The van der Waals surface area contributed by atoms with E-state index in [1.165, 1.54) is 0 Å². The molecule has 0 saturated heterocycles. The molecule has 0 fully saturated rings. The van der Waals surface area contributed by atoms with Crippen LogP contribution >= 0.6 is 0 Å². The van der Waals surface area contributed by atoms with Crippen LogP contribution in [0.1, 0.15) is 24.6 Å². The summed E-state index contributed by atoms with van der Waals surface area (Å²) in [7, 11) is 0. The minimum atomic E-state index is -0.0255. The van der Waals surface area contributed by atoms with Crippen molar-refractivity contribution in [3.8, 4) is 0 Å². The van der Waals surface area contributed by atoms with Crippen LogP contribution in [0.25, 0.3) is 0 Å². The Morgan fingerprint density at radius 3 is 2.67 bits per heavy atom. The Labute approximate surface area is 53.9 Å². The summed E-state index contributed by atoms with van der Waals surface area (Å²) in [6, 6.07) is -0.0255. The molecular formula is C6H10N2O. The Morgan fingerprint density at radius 2 is 2.44 bits per heavy atom. The van der Waals surface area contributed by atoms with E-state index in [-0.39, 0.29) is 6.04 Å². The number of nitrogens with zero attached hydrogens (tertiary/aromatic N) is 1. The van der Waals surface area contributed by atoms with Crippen molar-refractivity contribution in [3.63, 3.8) is 0 Å². The lowest BCUT2D eigenvalue weighted by Gasteiger charge is -1.94. The van der Waals surface area contributed by atoms with Gasteiger partial charge in [-0.15, -0.1) is 0 Å². The number of nitrogens with two attached hydrogens (primary N) is 1. The van der Waals surface area contributed by atoms with Gasteiger partial charge in [-0.3, -0.25) is 0 Å². The Bertz CT molecular complexity index is 193. The molecule has 0 radical (unpaired) electrons. The monoisotopic (exact) mass is 126 g/mol. The molecule has 3 nitrogen and oxygen atoms in total. The Balaban J connectivity index is 2.85. The lowest BCUT2D eigenvalue weighted by molar-refractivity contribution is 0.520. The van der Waals surface area contributed by atoms with E-state index in [0.717, 1.165) is 5.69 Å². The van der Waals surface area contributed by atoms with Gasteiger partial charge in [-0.1, -0.05) is 0 Å². The largest absolute Gasteiger partial charge is 0.449 e. The average molecular weight is 126 g/mol. The van der Waals surface area contributed by atoms with Crippen LogP contribution in [0.5, 0.6) is 0 Å². The molecule has 0 saturated carbocycles. The van der Waals surface area contributed by atoms with Gasteiger partial charge in [0, 0.05) is 13.0 Å². The highest BCUT2D eigenvalue weighted by Crippen LogP contribution is 2.07. The Hall–Kier alpha value is -0.830. The molecule has 1 rings (SSSR count). The Kier molecular flexibility index (Phi) is 1.53. The second-order valence-electron chi connectivity index (χ2n) is 2.08. The number of hydrogen-bond acceptors (Lipinski definition) is 3. The minimum absolute atomic E-state index is 0.0255. The van der Waals surface area contributed by atoms with Gasteiger partial charge < -0.3 is 10.2 Å². The molecule has 1 heterocycles. The van der Waals surface area contributed by atoms with Crippen molar-refractivity contribution in [2.75, 3.05) is 0 Å². The highest BCUT2D eigenvalue weighted by molar-refractivity contribution is 4.99. The highest BCUT2D eigenvalue weighted by Gasteiger charge is 2.02. The maximum Gasteiger partial charge on any atom is 0.191 e. The zero-order valence-corrected chi connectivity index (χ0v) is 5.59. The van der Waals surface area contributed by atoms with Crippen LogP contribution in [0.2, 0.25) is 0 Å². The van der Waals surface area contributed by atoms with E-state index in [9.17, 15) is 0 Å². The standard InChI is InChI=1S/C6H10N2O/c1-4(7)6-3-9-5(2)8-6/h3-4H,7H2,1-2H3/t4-/m1/s1. The first kappa shape index (κ1) is 6.29. The van der Waals surface area contributed by atoms with Gasteiger partial charge >= 0.3 is 0 Å². The maximum atomic E-state index is 5.50. The topological polar surface area (TPSA) is 52.0 Å². The van der Waals surface area contributed by atoms with Gasteiger partial charge in [0.25, 0.3) is 0 Å². The zero-order chi connectivity index (χ0) is 6.85. The molecule has 1 atom stereocenters. The Morgan fingerprint density at radius 1 is 1.78 bits per heavy atom. The van der Waals surface area contributed by atoms with E-state index >= 15 is 0 Å². The second kappa shape index (κ2) is 2.19. The smallest absolute Gasteiger partial charge is 0.191 e. The van der Waals surface area contributed by atoms with E-state index in [2.05, 4.69) is 4.98 Å². The molecule has 0 amide bonds. The molecule has 0 spiro atoms. The molecule has 1 aromatic heterocycles. The third-order valence-corrected chi connectivity index (χ3v) is 1.10. The molecule has 0 aliphatic carbocycles. The van der Waals surface area contributed by atoms with Crippen molar-refractivity contribution in [3.05, 3.63) is 17.8 Å². The third kappa shape index (κ3) is 1.29. The first-order valence-corrected chi connectivity index (χ1v) is 2.88. The second-order valence-corrected chi connectivity index (χ2v) is 2.08. The molecule has 50 valence electrons. The summed E-state index contributed by atoms with van der Waals surface area (Å²) in [4.78, 5) is 4.02. The molecule has 0 unspecified atom stereocenters. The van der Waals surface area contributed by atoms with E-state index < -0.39 is 0 Å². The molecule has 2 N–H and O–H groups in total. The number of aromatic nitrogens is 1. The van der Waals surface area contributed by atoms with Crippen molar-refractivity contribution in [2.45, 2.75) is 19.9 Å². The fourth-order valence-corrected chi connectivity index (χ4v) is 0.589. The summed E-state index contributed by atoms with van der Waals surface area (Å²) >= 11 is 0. The van der Waals surface area contributed by atoms with Gasteiger partial charge in [0.05, 0.1) is 5.69 Å². The van der Waals surface area contributed by atoms with Crippen LogP contribution < -0.4 is 5.73 Å². The van der Waals surface area contributed by atoms with Crippen molar-refractivity contribution >= 4 is 0 Å². The number of rotatable bonds is 1. The van der Waals surface area contributed by atoms with Crippen LogP contribution in [0.4, 0.5) is 0 Å². The normalized spacial score (nSPS) is 13.7. The van der Waals surface area contributed by atoms with Crippen LogP contribution in [0.3, 0.4) is 0 Å². The number of aryl methyl sites for hydroxylation is 1. The highest BCUT2D eigenvalue weighted by atomic mass is 16.3. The van der Waals surface area contributed by atoms with E-state index in [1.807, 2.05) is 6.92 Å². The van der Waals surface area contributed by atoms with Gasteiger partial charge in [-0.25, -0.2) is 4.98 Å². The predicted octanol–water partition coefficient (Wildman–Crippen LogP) is 1.00. The predicted molar refractivity (Wildman–Crippen MR) is 33.8 cm³/mol. The molecular weight excluding hydrogens is 116 g/mol.